The van der Waals surface area contributed by atoms with Gasteiger partial charge in [-0.2, -0.15) is 0 Å². The van der Waals surface area contributed by atoms with Gasteiger partial charge in [0.15, 0.2) is 0 Å². The average molecular weight is 254 g/mol. The largest absolute Gasteiger partial charge is 0.366 e. The second kappa shape index (κ2) is 6.14. The minimum absolute atomic E-state index is 0.0127. The molecule has 1 aliphatic rings. The number of hydrogen-bond donors (Lipinski definition) is 2. The molecule has 17 heavy (non-hydrogen) atoms. The minimum atomic E-state index is -0.338. The lowest BCUT2D eigenvalue weighted by molar-refractivity contribution is -0.134. The number of amides is 1. The molecule has 2 atom stereocenters. The van der Waals surface area contributed by atoms with E-state index in [0.717, 1.165) is 13.0 Å². The zero-order chi connectivity index (χ0) is 12.1. The molecule has 0 aromatic carbocycles. The van der Waals surface area contributed by atoms with Gasteiger partial charge in [0.2, 0.25) is 0 Å². The molecule has 1 fully saturated rings. The van der Waals surface area contributed by atoms with E-state index in [-0.39, 0.29) is 18.1 Å². The quantitative estimate of drug-likeness (QED) is 0.835. The van der Waals surface area contributed by atoms with Crippen LogP contribution in [0.5, 0.6) is 0 Å². The zero-order valence-electron chi connectivity index (χ0n) is 9.94. The first-order chi connectivity index (χ1) is 8.25. The van der Waals surface area contributed by atoms with E-state index >= 15 is 0 Å². The van der Waals surface area contributed by atoms with E-state index in [1.165, 1.54) is 4.88 Å². The molecule has 1 aromatic heterocycles. The number of carbonyl (C=O) groups is 1. The van der Waals surface area contributed by atoms with Crippen LogP contribution in [0, 0.1) is 0 Å². The molecule has 0 radical (unpaired) electrons. The monoisotopic (exact) mass is 254 g/mol. The van der Waals surface area contributed by atoms with Crippen molar-refractivity contribution in [2.75, 3.05) is 19.7 Å². The van der Waals surface area contributed by atoms with Crippen molar-refractivity contribution in [3.63, 3.8) is 0 Å². The van der Waals surface area contributed by atoms with E-state index in [0.29, 0.717) is 13.2 Å². The van der Waals surface area contributed by atoms with Crippen molar-refractivity contribution in [2.45, 2.75) is 25.5 Å². The average Bonchev–Trinajstić information content (AvgIpc) is 2.82. The van der Waals surface area contributed by atoms with Crippen LogP contribution in [0.3, 0.4) is 0 Å². The second-order valence-corrected chi connectivity index (χ2v) is 5.29. The summed E-state index contributed by atoms with van der Waals surface area (Å²) in [5.41, 5.74) is 0. The molecule has 4 nitrogen and oxygen atoms in total. The summed E-state index contributed by atoms with van der Waals surface area (Å²) in [6.07, 6.45) is 0.540. The number of ether oxygens (including phenoxy) is 1. The SMILES string of the molecule is CC(Cc1cccs1)NC(=O)C1CNCCO1. The Kier molecular flexibility index (Phi) is 4.53. The predicted molar refractivity (Wildman–Crippen MR) is 68.2 cm³/mol. The van der Waals surface area contributed by atoms with Gasteiger partial charge in [-0.1, -0.05) is 6.07 Å². The van der Waals surface area contributed by atoms with Crippen molar-refractivity contribution in [3.8, 4) is 0 Å². The third kappa shape index (κ3) is 3.80. The molecule has 0 bridgehead atoms. The fraction of sp³-hybridized carbons (Fsp3) is 0.583. The predicted octanol–water partition coefficient (Wildman–Crippen LogP) is 0.784. The summed E-state index contributed by atoms with van der Waals surface area (Å²) >= 11 is 1.72. The molecule has 0 spiro atoms. The molecule has 1 saturated heterocycles. The third-order valence-corrected chi connectivity index (χ3v) is 3.59. The number of thiophene rings is 1. The molecule has 0 aliphatic carbocycles. The summed E-state index contributed by atoms with van der Waals surface area (Å²) in [6.45, 7) is 4.07. The second-order valence-electron chi connectivity index (χ2n) is 4.26. The first-order valence-electron chi connectivity index (χ1n) is 5.91. The number of carbonyl (C=O) groups excluding carboxylic acids is 1. The molecule has 1 aliphatic heterocycles. The Morgan fingerprint density at radius 2 is 2.65 bits per heavy atom. The fourth-order valence-corrected chi connectivity index (χ4v) is 2.69. The first kappa shape index (κ1) is 12.5. The Hall–Kier alpha value is -0.910. The van der Waals surface area contributed by atoms with Crippen LogP contribution in [-0.4, -0.2) is 37.7 Å². The van der Waals surface area contributed by atoms with Gasteiger partial charge in [0.05, 0.1) is 6.61 Å². The maximum absolute atomic E-state index is 11.9. The number of morpholine rings is 1. The Bertz CT molecular complexity index is 347. The third-order valence-electron chi connectivity index (χ3n) is 2.70. The molecule has 2 N–H and O–H groups in total. The lowest BCUT2D eigenvalue weighted by Gasteiger charge is -2.24. The molecule has 2 unspecified atom stereocenters. The van der Waals surface area contributed by atoms with Crippen molar-refractivity contribution in [3.05, 3.63) is 22.4 Å². The number of hydrogen-bond acceptors (Lipinski definition) is 4. The van der Waals surface area contributed by atoms with Crippen LogP contribution >= 0.6 is 11.3 Å². The van der Waals surface area contributed by atoms with Crippen LogP contribution < -0.4 is 10.6 Å². The Morgan fingerprint density at radius 1 is 1.76 bits per heavy atom. The summed E-state index contributed by atoms with van der Waals surface area (Å²) in [5.74, 6) is -0.0127. The summed E-state index contributed by atoms with van der Waals surface area (Å²) in [5, 5.41) is 8.19. The molecule has 5 heteroatoms. The van der Waals surface area contributed by atoms with Crippen LogP contribution in [0.4, 0.5) is 0 Å². The standard InChI is InChI=1S/C12H18N2O2S/c1-9(7-10-3-2-6-17-10)14-12(15)11-8-13-4-5-16-11/h2-3,6,9,11,13H,4-5,7-8H2,1H3,(H,14,15). The van der Waals surface area contributed by atoms with Gasteiger partial charge in [0.25, 0.3) is 5.91 Å². The van der Waals surface area contributed by atoms with Gasteiger partial charge in [0, 0.05) is 30.4 Å². The van der Waals surface area contributed by atoms with Crippen molar-refractivity contribution < 1.29 is 9.53 Å². The van der Waals surface area contributed by atoms with Crippen LogP contribution in [-0.2, 0) is 16.0 Å². The van der Waals surface area contributed by atoms with Gasteiger partial charge in [-0.25, -0.2) is 0 Å². The first-order valence-corrected chi connectivity index (χ1v) is 6.79. The minimum Gasteiger partial charge on any atom is -0.366 e. The van der Waals surface area contributed by atoms with Crippen molar-refractivity contribution >= 4 is 17.2 Å². The molecule has 0 saturated carbocycles. The van der Waals surface area contributed by atoms with Gasteiger partial charge in [-0.3, -0.25) is 4.79 Å². The van der Waals surface area contributed by atoms with Crippen LogP contribution in [0.25, 0.3) is 0 Å². The zero-order valence-corrected chi connectivity index (χ0v) is 10.8. The fourth-order valence-electron chi connectivity index (χ4n) is 1.85. The van der Waals surface area contributed by atoms with Crippen molar-refractivity contribution in [1.82, 2.24) is 10.6 Å². The van der Waals surface area contributed by atoms with E-state index in [1.54, 1.807) is 11.3 Å². The molecular formula is C12H18N2O2S. The molecule has 94 valence electrons. The smallest absolute Gasteiger partial charge is 0.250 e. The summed E-state index contributed by atoms with van der Waals surface area (Å²) in [4.78, 5) is 13.2. The van der Waals surface area contributed by atoms with E-state index in [4.69, 9.17) is 4.74 Å². The van der Waals surface area contributed by atoms with Crippen LogP contribution in [0.1, 0.15) is 11.8 Å². The molecule has 2 rings (SSSR count). The van der Waals surface area contributed by atoms with Crippen molar-refractivity contribution in [1.29, 1.82) is 0 Å². The molecular weight excluding hydrogens is 236 g/mol. The maximum Gasteiger partial charge on any atom is 0.250 e. The Balaban J connectivity index is 1.77. The molecule has 1 aromatic rings. The van der Waals surface area contributed by atoms with Crippen molar-refractivity contribution in [2.24, 2.45) is 0 Å². The topological polar surface area (TPSA) is 50.4 Å². The lowest BCUT2D eigenvalue weighted by Crippen LogP contribution is -2.50. The Labute approximate surface area is 105 Å². The Morgan fingerprint density at radius 3 is 3.29 bits per heavy atom. The van der Waals surface area contributed by atoms with Gasteiger partial charge in [-0.15, -0.1) is 11.3 Å². The normalized spacial score (nSPS) is 22.1. The van der Waals surface area contributed by atoms with E-state index in [2.05, 4.69) is 22.1 Å². The molecule has 1 amide bonds. The summed E-state index contributed by atoms with van der Waals surface area (Å²) in [6, 6.07) is 4.26. The summed E-state index contributed by atoms with van der Waals surface area (Å²) < 4.78 is 5.40. The van der Waals surface area contributed by atoms with E-state index < -0.39 is 0 Å². The van der Waals surface area contributed by atoms with Crippen LogP contribution in [0.15, 0.2) is 17.5 Å². The van der Waals surface area contributed by atoms with Gasteiger partial charge >= 0.3 is 0 Å². The number of nitrogens with one attached hydrogen (secondary N) is 2. The van der Waals surface area contributed by atoms with E-state index in [1.807, 2.05) is 13.0 Å². The van der Waals surface area contributed by atoms with Gasteiger partial charge in [-0.05, 0) is 18.4 Å². The van der Waals surface area contributed by atoms with Gasteiger partial charge in [0.1, 0.15) is 6.10 Å². The highest BCUT2D eigenvalue weighted by Crippen LogP contribution is 2.11. The van der Waals surface area contributed by atoms with Crippen LogP contribution in [0.2, 0.25) is 0 Å². The maximum atomic E-state index is 11.9. The highest BCUT2D eigenvalue weighted by molar-refractivity contribution is 7.09. The lowest BCUT2D eigenvalue weighted by atomic mass is 10.2. The molecule has 2 heterocycles. The highest BCUT2D eigenvalue weighted by atomic mass is 32.1. The summed E-state index contributed by atoms with van der Waals surface area (Å²) in [7, 11) is 0. The highest BCUT2D eigenvalue weighted by Gasteiger charge is 2.22. The van der Waals surface area contributed by atoms with Gasteiger partial charge < -0.3 is 15.4 Å². The van der Waals surface area contributed by atoms with E-state index in [9.17, 15) is 4.79 Å². The number of rotatable bonds is 4.